The van der Waals surface area contributed by atoms with E-state index in [-0.39, 0.29) is 5.91 Å². The minimum absolute atomic E-state index is 0.0905. The molecule has 3 aromatic rings. The van der Waals surface area contributed by atoms with Crippen molar-refractivity contribution in [3.8, 4) is 11.5 Å². The van der Waals surface area contributed by atoms with Crippen molar-refractivity contribution in [2.75, 3.05) is 0 Å². The van der Waals surface area contributed by atoms with Crippen molar-refractivity contribution in [3.05, 3.63) is 77.7 Å². The molecule has 3 rings (SSSR count). The van der Waals surface area contributed by atoms with Crippen LogP contribution in [0.1, 0.15) is 34.8 Å². The molecule has 0 fully saturated rings. The summed E-state index contributed by atoms with van der Waals surface area (Å²) in [6, 6.07) is 15.2. The lowest BCUT2D eigenvalue weighted by Crippen LogP contribution is -2.23. The van der Waals surface area contributed by atoms with Gasteiger partial charge in [-0.3, -0.25) is 9.78 Å². The average Bonchev–Trinajstić information content (AvgIpc) is 3.15. The van der Waals surface area contributed by atoms with E-state index >= 15 is 0 Å². The monoisotopic (exact) mass is 320 g/mol. The standard InChI is InChI=1S/C20H20N2O2/c1-2-5-15-8-10-16(11-9-15)20(23)22-14-17-6-3-12-21-19(17)18-7-4-13-24-18/h3-4,6-13H,2,5,14H2,1H3,(H,22,23). The molecule has 1 amide bonds. The normalized spacial score (nSPS) is 10.5. The van der Waals surface area contributed by atoms with E-state index in [0.29, 0.717) is 17.9 Å². The largest absolute Gasteiger partial charge is 0.463 e. The van der Waals surface area contributed by atoms with Crippen LogP contribution in [0.15, 0.2) is 65.4 Å². The highest BCUT2D eigenvalue weighted by Gasteiger charge is 2.11. The number of aryl methyl sites for hydroxylation is 1. The predicted molar refractivity (Wildman–Crippen MR) is 93.5 cm³/mol. The van der Waals surface area contributed by atoms with Gasteiger partial charge in [-0.1, -0.05) is 31.5 Å². The first-order valence-corrected chi connectivity index (χ1v) is 8.13. The Hall–Kier alpha value is -2.88. The lowest BCUT2D eigenvalue weighted by molar-refractivity contribution is 0.0951. The highest BCUT2D eigenvalue weighted by Crippen LogP contribution is 2.21. The van der Waals surface area contributed by atoms with Crippen LogP contribution < -0.4 is 5.32 Å². The Morgan fingerprint density at radius 1 is 1.12 bits per heavy atom. The van der Waals surface area contributed by atoms with Gasteiger partial charge in [0.05, 0.1) is 6.26 Å². The van der Waals surface area contributed by atoms with Gasteiger partial charge in [0.15, 0.2) is 5.76 Å². The third kappa shape index (κ3) is 3.71. The van der Waals surface area contributed by atoms with Crippen LogP contribution in [-0.4, -0.2) is 10.9 Å². The highest BCUT2D eigenvalue weighted by molar-refractivity contribution is 5.94. The molecule has 24 heavy (non-hydrogen) atoms. The van der Waals surface area contributed by atoms with Crippen LogP contribution in [0, 0.1) is 0 Å². The summed E-state index contributed by atoms with van der Waals surface area (Å²) in [6.07, 6.45) is 5.46. The van der Waals surface area contributed by atoms with E-state index < -0.39 is 0 Å². The molecule has 0 saturated carbocycles. The van der Waals surface area contributed by atoms with Gasteiger partial charge in [-0.15, -0.1) is 0 Å². The maximum atomic E-state index is 12.3. The summed E-state index contributed by atoms with van der Waals surface area (Å²) in [5.74, 6) is 0.607. The van der Waals surface area contributed by atoms with Crippen LogP contribution in [0.4, 0.5) is 0 Å². The van der Waals surface area contributed by atoms with Crippen molar-refractivity contribution in [1.29, 1.82) is 0 Å². The number of amides is 1. The SMILES string of the molecule is CCCc1ccc(C(=O)NCc2cccnc2-c2ccco2)cc1. The van der Waals surface area contributed by atoms with Crippen molar-refractivity contribution >= 4 is 5.91 Å². The second kappa shape index (κ2) is 7.59. The number of aromatic nitrogens is 1. The summed E-state index contributed by atoms with van der Waals surface area (Å²) in [6.45, 7) is 2.55. The second-order valence-corrected chi connectivity index (χ2v) is 5.62. The number of pyridine rings is 1. The number of furan rings is 1. The van der Waals surface area contributed by atoms with Crippen LogP contribution in [0.5, 0.6) is 0 Å². The third-order valence-corrected chi connectivity index (χ3v) is 3.84. The van der Waals surface area contributed by atoms with Crippen molar-refractivity contribution in [3.63, 3.8) is 0 Å². The van der Waals surface area contributed by atoms with E-state index in [1.165, 1.54) is 5.56 Å². The van der Waals surface area contributed by atoms with Crippen LogP contribution in [-0.2, 0) is 13.0 Å². The Balaban J connectivity index is 1.69. The molecule has 0 saturated heterocycles. The molecule has 0 aliphatic rings. The van der Waals surface area contributed by atoms with Gasteiger partial charge >= 0.3 is 0 Å². The highest BCUT2D eigenvalue weighted by atomic mass is 16.3. The molecule has 1 N–H and O–H groups in total. The van der Waals surface area contributed by atoms with E-state index in [4.69, 9.17) is 4.42 Å². The lowest BCUT2D eigenvalue weighted by atomic mass is 10.1. The van der Waals surface area contributed by atoms with Crippen LogP contribution in [0.25, 0.3) is 11.5 Å². The zero-order chi connectivity index (χ0) is 16.8. The Bertz CT molecular complexity index is 793. The van der Waals surface area contributed by atoms with E-state index in [0.717, 1.165) is 24.1 Å². The number of nitrogens with zero attached hydrogens (tertiary/aromatic N) is 1. The number of benzene rings is 1. The van der Waals surface area contributed by atoms with E-state index in [2.05, 4.69) is 17.2 Å². The minimum Gasteiger partial charge on any atom is -0.463 e. The molecule has 0 spiro atoms. The van der Waals surface area contributed by atoms with Crippen LogP contribution >= 0.6 is 0 Å². The molecule has 0 atom stereocenters. The topological polar surface area (TPSA) is 55.1 Å². The fourth-order valence-corrected chi connectivity index (χ4v) is 2.61. The van der Waals surface area contributed by atoms with E-state index in [1.807, 2.05) is 48.5 Å². The summed E-state index contributed by atoms with van der Waals surface area (Å²) in [7, 11) is 0. The summed E-state index contributed by atoms with van der Waals surface area (Å²) in [4.78, 5) is 16.7. The van der Waals surface area contributed by atoms with Crippen molar-refractivity contribution in [2.45, 2.75) is 26.3 Å². The number of carbonyl (C=O) groups excluding carboxylic acids is 1. The van der Waals surface area contributed by atoms with Gasteiger partial charge in [-0.2, -0.15) is 0 Å². The molecular formula is C20H20N2O2. The van der Waals surface area contributed by atoms with E-state index in [9.17, 15) is 4.79 Å². The molecule has 1 aromatic carbocycles. The lowest BCUT2D eigenvalue weighted by Gasteiger charge is -2.09. The number of hydrogen-bond acceptors (Lipinski definition) is 3. The van der Waals surface area contributed by atoms with Gasteiger partial charge in [0.2, 0.25) is 0 Å². The molecule has 4 heteroatoms. The van der Waals surface area contributed by atoms with Gasteiger partial charge in [-0.05, 0) is 42.3 Å². The Morgan fingerprint density at radius 2 is 1.96 bits per heavy atom. The zero-order valence-corrected chi connectivity index (χ0v) is 13.7. The Labute approximate surface area is 141 Å². The first kappa shape index (κ1) is 16.0. The molecule has 2 heterocycles. The molecular weight excluding hydrogens is 300 g/mol. The fraction of sp³-hybridized carbons (Fsp3) is 0.200. The molecule has 122 valence electrons. The number of hydrogen-bond donors (Lipinski definition) is 1. The average molecular weight is 320 g/mol. The molecule has 0 aliphatic carbocycles. The second-order valence-electron chi connectivity index (χ2n) is 5.62. The van der Waals surface area contributed by atoms with Gasteiger partial charge in [0.25, 0.3) is 5.91 Å². The van der Waals surface area contributed by atoms with E-state index in [1.54, 1.807) is 12.5 Å². The molecule has 0 aliphatic heterocycles. The number of nitrogens with one attached hydrogen (secondary N) is 1. The predicted octanol–water partition coefficient (Wildman–Crippen LogP) is 4.22. The molecule has 0 radical (unpaired) electrons. The number of carbonyl (C=O) groups is 1. The van der Waals surface area contributed by atoms with Crippen molar-refractivity contribution in [1.82, 2.24) is 10.3 Å². The van der Waals surface area contributed by atoms with Gasteiger partial charge in [0.1, 0.15) is 5.69 Å². The number of rotatable bonds is 6. The fourth-order valence-electron chi connectivity index (χ4n) is 2.61. The summed E-state index contributed by atoms with van der Waals surface area (Å²) < 4.78 is 5.41. The molecule has 0 unspecified atom stereocenters. The van der Waals surface area contributed by atoms with Crippen molar-refractivity contribution in [2.24, 2.45) is 0 Å². The summed E-state index contributed by atoms with van der Waals surface area (Å²) >= 11 is 0. The maximum Gasteiger partial charge on any atom is 0.251 e. The minimum atomic E-state index is -0.0905. The first-order valence-electron chi connectivity index (χ1n) is 8.13. The maximum absolute atomic E-state index is 12.3. The van der Waals surface area contributed by atoms with Gasteiger partial charge in [-0.25, -0.2) is 0 Å². The molecule has 2 aromatic heterocycles. The summed E-state index contributed by atoms with van der Waals surface area (Å²) in [5.41, 5.74) is 3.59. The smallest absolute Gasteiger partial charge is 0.251 e. The zero-order valence-electron chi connectivity index (χ0n) is 13.7. The quantitative estimate of drug-likeness (QED) is 0.739. The first-order chi connectivity index (χ1) is 11.8. The van der Waals surface area contributed by atoms with Crippen LogP contribution in [0.3, 0.4) is 0 Å². The Kier molecular flexibility index (Phi) is 5.06. The molecule has 0 bridgehead atoms. The Morgan fingerprint density at radius 3 is 2.67 bits per heavy atom. The van der Waals surface area contributed by atoms with Gasteiger partial charge in [0, 0.05) is 23.9 Å². The third-order valence-electron chi connectivity index (χ3n) is 3.84. The molecule has 4 nitrogen and oxygen atoms in total. The van der Waals surface area contributed by atoms with Gasteiger partial charge < -0.3 is 9.73 Å². The van der Waals surface area contributed by atoms with Crippen LogP contribution in [0.2, 0.25) is 0 Å². The van der Waals surface area contributed by atoms with Crippen molar-refractivity contribution < 1.29 is 9.21 Å². The summed E-state index contributed by atoms with van der Waals surface area (Å²) in [5, 5.41) is 2.95.